The second kappa shape index (κ2) is 6.58. The lowest BCUT2D eigenvalue weighted by Crippen LogP contribution is -2.34. The molecule has 0 amide bonds. The zero-order chi connectivity index (χ0) is 16.4. The molecule has 3 rings (SSSR count). The number of H-pyrrole nitrogens is 1. The van der Waals surface area contributed by atoms with Gasteiger partial charge in [-0.3, -0.25) is 9.69 Å². The highest BCUT2D eigenvalue weighted by Gasteiger charge is 2.18. The third kappa shape index (κ3) is 3.32. The van der Waals surface area contributed by atoms with Gasteiger partial charge >= 0.3 is 0 Å². The first kappa shape index (κ1) is 15.8. The molecule has 124 valence electrons. The van der Waals surface area contributed by atoms with Crippen LogP contribution in [0.5, 0.6) is 11.5 Å². The maximum atomic E-state index is 12.4. The van der Waals surface area contributed by atoms with Crippen LogP contribution < -0.4 is 15.0 Å². The van der Waals surface area contributed by atoms with E-state index in [9.17, 15) is 4.79 Å². The van der Waals surface area contributed by atoms with Gasteiger partial charge in [-0.05, 0) is 31.4 Å². The fourth-order valence-corrected chi connectivity index (χ4v) is 3.23. The Morgan fingerprint density at radius 2 is 2.04 bits per heavy atom. The molecule has 1 saturated heterocycles. The number of aromatic amines is 1. The number of fused-ring (bicyclic) bond motifs is 1. The maximum Gasteiger partial charge on any atom is 0.258 e. The Morgan fingerprint density at radius 3 is 2.74 bits per heavy atom. The molecule has 1 aliphatic heterocycles. The number of nitrogens with one attached hydrogen (secondary N) is 1. The molecule has 1 aliphatic rings. The van der Waals surface area contributed by atoms with Crippen LogP contribution in [0.4, 0.5) is 0 Å². The maximum absolute atomic E-state index is 12.4. The highest BCUT2D eigenvalue weighted by atomic mass is 16.5. The molecule has 1 aromatic heterocycles. The summed E-state index contributed by atoms with van der Waals surface area (Å²) in [4.78, 5) is 22.2. The smallest absolute Gasteiger partial charge is 0.258 e. The van der Waals surface area contributed by atoms with Crippen LogP contribution >= 0.6 is 0 Å². The minimum Gasteiger partial charge on any atom is -0.493 e. The second-order valence-corrected chi connectivity index (χ2v) is 6.22. The minimum absolute atomic E-state index is 0.143. The third-order valence-electron chi connectivity index (χ3n) is 4.37. The Hall–Kier alpha value is -2.08. The first-order valence-electron chi connectivity index (χ1n) is 7.98. The SMILES string of the molecule is COc1cc2nc(CN3CCC[C@H](C)C3)[nH]c(=O)c2cc1OC. The Bertz CT molecular complexity index is 757. The first-order chi connectivity index (χ1) is 11.1. The van der Waals surface area contributed by atoms with Crippen LogP contribution in [0.3, 0.4) is 0 Å². The predicted octanol–water partition coefficient (Wildman–Crippen LogP) is 2.17. The van der Waals surface area contributed by atoms with E-state index in [1.54, 1.807) is 26.4 Å². The van der Waals surface area contributed by atoms with Crippen LogP contribution in [0, 0.1) is 5.92 Å². The molecule has 0 aliphatic carbocycles. The fourth-order valence-electron chi connectivity index (χ4n) is 3.23. The summed E-state index contributed by atoms with van der Waals surface area (Å²) >= 11 is 0. The zero-order valence-corrected chi connectivity index (χ0v) is 13.9. The van der Waals surface area contributed by atoms with E-state index in [0.29, 0.717) is 40.7 Å². The number of rotatable bonds is 4. The van der Waals surface area contributed by atoms with Crippen molar-refractivity contribution in [3.8, 4) is 11.5 Å². The standard InChI is InChI=1S/C17H23N3O3/c1-11-5-4-6-20(9-11)10-16-18-13-8-15(23-3)14(22-2)7-12(13)17(21)19-16/h7-8,11H,4-6,9-10H2,1-3H3,(H,18,19,21)/t11-/m0/s1. The second-order valence-electron chi connectivity index (χ2n) is 6.22. The molecule has 1 fully saturated rings. The van der Waals surface area contributed by atoms with Gasteiger partial charge in [0.1, 0.15) is 5.82 Å². The molecule has 0 spiro atoms. The van der Waals surface area contributed by atoms with E-state index in [0.717, 1.165) is 13.1 Å². The summed E-state index contributed by atoms with van der Waals surface area (Å²) in [5, 5.41) is 0.512. The molecule has 1 N–H and O–H groups in total. The minimum atomic E-state index is -0.143. The van der Waals surface area contributed by atoms with Gasteiger partial charge in [0.15, 0.2) is 11.5 Å². The fraction of sp³-hybridized carbons (Fsp3) is 0.529. The number of aromatic nitrogens is 2. The van der Waals surface area contributed by atoms with E-state index in [2.05, 4.69) is 21.8 Å². The van der Waals surface area contributed by atoms with Crippen molar-refractivity contribution in [3.05, 3.63) is 28.3 Å². The lowest BCUT2D eigenvalue weighted by Gasteiger charge is -2.30. The van der Waals surface area contributed by atoms with Crippen molar-refractivity contribution in [1.82, 2.24) is 14.9 Å². The Labute approximate surface area is 135 Å². The van der Waals surface area contributed by atoms with Crippen LogP contribution in [0.2, 0.25) is 0 Å². The highest BCUT2D eigenvalue weighted by molar-refractivity contribution is 5.81. The molecule has 0 unspecified atom stereocenters. The lowest BCUT2D eigenvalue weighted by atomic mass is 10.0. The Kier molecular flexibility index (Phi) is 4.52. The monoisotopic (exact) mass is 317 g/mol. The van der Waals surface area contributed by atoms with Gasteiger partial charge in [-0.2, -0.15) is 0 Å². The van der Waals surface area contributed by atoms with Crippen molar-refractivity contribution in [2.75, 3.05) is 27.3 Å². The zero-order valence-electron chi connectivity index (χ0n) is 13.9. The summed E-state index contributed by atoms with van der Waals surface area (Å²) in [6.45, 7) is 5.04. The number of likely N-dealkylation sites (tertiary alicyclic amines) is 1. The van der Waals surface area contributed by atoms with E-state index in [1.165, 1.54) is 12.8 Å². The van der Waals surface area contributed by atoms with Gasteiger partial charge in [-0.25, -0.2) is 4.98 Å². The molecular formula is C17H23N3O3. The summed E-state index contributed by atoms with van der Waals surface area (Å²) in [6, 6.07) is 3.43. The summed E-state index contributed by atoms with van der Waals surface area (Å²) in [6.07, 6.45) is 2.47. The summed E-state index contributed by atoms with van der Waals surface area (Å²) in [5.74, 6) is 2.50. The molecule has 23 heavy (non-hydrogen) atoms. The summed E-state index contributed by atoms with van der Waals surface area (Å²) < 4.78 is 10.5. The van der Waals surface area contributed by atoms with E-state index < -0.39 is 0 Å². The summed E-state index contributed by atoms with van der Waals surface area (Å²) in [7, 11) is 3.13. The topological polar surface area (TPSA) is 67.5 Å². The molecule has 2 heterocycles. The van der Waals surface area contributed by atoms with Crippen molar-refractivity contribution in [2.24, 2.45) is 5.92 Å². The van der Waals surface area contributed by atoms with Crippen molar-refractivity contribution in [1.29, 1.82) is 0 Å². The average molecular weight is 317 g/mol. The van der Waals surface area contributed by atoms with Crippen LogP contribution in [0.15, 0.2) is 16.9 Å². The number of benzene rings is 1. The largest absolute Gasteiger partial charge is 0.493 e. The van der Waals surface area contributed by atoms with Crippen molar-refractivity contribution >= 4 is 10.9 Å². The van der Waals surface area contributed by atoms with Crippen molar-refractivity contribution < 1.29 is 9.47 Å². The van der Waals surface area contributed by atoms with Gasteiger partial charge < -0.3 is 14.5 Å². The number of methoxy groups -OCH3 is 2. The Morgan fingerprint density at radius 1 is 1.30 bits per heavy atom. The third-order valence-corrected chi connectivity index (χ3v) is 4.37. The van der Waals surface area contributed by atoms with Gasteiger partial charge in [-0.1, -0.05) is 6.92 Å². The first-order valence-corrected chi connectivity index (χ1v) is 7.98. The van der Waals surface area contributed by atoms with Crippen LogP contribution in [-0.4, -0.2) is 42.2 Å². The molecule has 6 heteroatoms. The van der Waals surface area contributed by atoms with Crippen LogP contribution in [-0.2, 0) is 6.54 Å². The molecule has 1 aromatic carbocycles. The van der Waals surface area contributed by atoms with Gasteiger partial charge in [0.05, 0.1) is 31.7 Å². The number of ether oxygens (including phenoxy) is 2. The normalized spacial score (nSPS) is 19.0. The number of hydrogen-bond acceptors (Lipinski definition) is 5. The van der Waals surface area contributed by atoms with Gasteiger partial charge in [0.2, 0.25) is 0 Å². The molecule has 0 bridgehead atoms. The van der Waals surface area contributed by atoms with Gasteiger partial charge in [0, 0.05) is 12.6 Å². The molecule has 0 saturated carbocycles. The predicted molar refractivity (Wildman–Crippen MR) is 89.1 cm³/mol. The number of hydrogen-bond donors (Lipinski definition) is 1. The molecular weight excluding hydrogens is 294 g/mol. The number of nitrogens with zero attached hydrogens (tertiary/aromatic N) is 2. The molecule has 0 radical (unpaired) electrons. The van der Waals surface area contributed by atoms with Gasteiger partial charge in [-0.15, -0.1) is 0 Å². The van der Waals surface area contributed by atoms with E-state index in [-0.39, 0.29) is 5.56 Å². The Balaban J connectivity index is 1.95. The molecule has 6 nitrogen and oxygen atoms in total. The molecule has 2 aromatic rings. The van der Waals surface area contributed by atoms with Crippen molar-refractivity contribution in [3.63, 3.8) is 0 Å². The number of piperidine rings is 1. The van der Waals surface area contributed by atoms with Crippen LogP contribution in [0.1, 0.15) is 25.6 Å². The average Bonchev–Trinajstić information content (AvgIpc) is 2.53. The van der Waals surface area contributed by atoms with E-state index in [1.807, 2.05) is 0 Å². The van der Waals surface area contributed by atoms with Crippen LogP contribution in [0.25, 0.3) is 10.9 Å². The van der Waals surface area contributed by atoms with Crippen molar-refractivity contribution in [2.45, 2.75) is 26.3 Å². The quantitative estimate of drug-likeness (QED) is 0.936. The van der Waals surface area contributed by atoms with E-state index in [4.69, 9.17) is 9.47 Å². The lowest BCUT2D eigenvalue weighted by molar-refractivity contribution is 0.173. The summed E-state index contributed by atoms with van der Waals surface area (Å²) in [5.41, 5.74) is 0.488. The van der Waals surface area contributed by atoms with Gasteiger partial charge in [0.25, 0.3) is 5.56 Å². The highest BCUT2D eigenvalue weighted by Crippen LogP contribution is 2.30. The van der Waals surface area contributed by atoms with E-state index >= 15 is 0 Å². The molecule has 1 atom stereocenters.